The molecule has 0 spiro atoms. The van der Waals surface area contributed by atoms with Crippen molar-refractivity contribution in [3.05, 3.63) is 65.2 Å². The van der Waals surface area contributed by atoms with Crippen molar-refractivity contribution in [2.45, 2.75) is 19.9 Å². The highest BCUT2D eigenvalue weighted by molar-refractivity contribution is 5.27. The Morgan fingerprint density at radius 2 is 1.90 bits per heavy atom. The Kier molecular flexibility index (Phi) is 5.28. The second-order valence-electron chi connectivity index (χ2n) is 5.01. The highest BCUT2D eigenvalue weighted by atomic mass is 19.2. The first-order chi connectivity index (χ1) is 10.1. The van der Waals surface area contributed by atoms with Crippen LogP contribution in [0.2, 0.25) is 0 Å². The largest absolute Gasteiger partial charge is 0.492 e. The van der Waals surface area contributed by atoms with Gasteiger partial charge in [0.2, 0.25) is 0 Å². The summed E-state index contributed by atoms with van der Waals surface area (Å²) in [6.45, 7) is 5.04. The van der Waals surface area contributed by atoms with Gasteiger partial charge in [-0.05, 0) is 49.2 Å². The van der Waals surface area contributed by atoms with Gasteiger partial charge in [-0.1, -0.05) is 18.2 Å². The summed E-state index contributed by atoms with van der Waals surface area (Å²) < 4.78 is 31.7. The lowest BCUT2D eigenvalue weighted by molar-refractivity contribution is 0.307. The van der Waals surface area contributed by atoms with Crippen molar-refractivity contribution in [1.82, 2.24) is 5.32 Å². The first-order valence-corrected chi connectivity index (χ1v) is 6.94. The van der Waals surface area contributed by atoms with Gasteiger partial charge in [-0.15, -0.1) is 0 Å². The zero-order valence-corrected chi connectivity index (χ0v) is 12.2. The van der Waals surface area contributed by atoms with Crippen molar-refractivity contribution in [2.75, 3.05) is 13.2 Å². The lowest BCUT2D eigenvalue weighted by Crippen LogP contribution is -2.24. The highest BCUT2D eigenvalue weighted by Gasteiger charge is 2.08. The van der Waals surface area contributed by atoms with Crippen LogP contribution in [0.1, 0.15) is 24.1 Å². The van der Waals surface area contributed by atoms with Gasteiger partial charge in [0.05, 0.1) is 0 Å². The maximum atomic E-state index is 13.2. The third kappa shape index (κ3) is 4.53. The van der Waals surface area contributed by atoms with Crippen molar-refractivity contribution < 1.29 is 13.5 Å². The zero-order valence-electron chi connectivity index (χ0n) is 12.2. The standard InChI is InChI=1S/C17H19F2NO/c1-12-4-3-5-15(10-12)21-9-8-20-13(2)14-6-7-16(18)17(19)11-14/h3-7,10-11,13,20H,8-9H2,1-2H3. The topological polar surface area (TPSA) is 21.3 Å². The SMILES string of the molecule is Cc1cccc(OCCNC(C)c2ccc(F)c(F)c2)c1. The molecule has 0 aromatic heterocycles. The van der Waals surface area contributed by atoms with Crippen LogP contribution in [0.5, 0.6) is 5.75 Å². The molecule has 0 saturated heterocycles. The highest BCUT2D eigenvalue weighted by Crippen LogP contribution is 2.16. The van der Waals surface area contributed by atoms with Gasteiger partial charge >= 0.3 is 0 Å². The van der Waals surface area contributed by atoms with E-state index >= 15 is 0 Å². The first kappa shape index (κ1) is 15.4. The molecule has 0 heterocycles. The second-order valence-corrected chi connectivity index (χ2v) is 5.01. The van der Waals surface area contributed by atoms with Crippen LogP contribution in [0, 0.1) is 18.6 Å². The maximum Gasteiger partial charge on any atom is 0.159 e. The van der Waals surface area contributed by atoms with Crippen molar-refractivity contribution in [2.24, 2.45) is 0 Å². The van der Waals surface area contributed by atoms with Gasteiger partial charge in [0.1, 0.15) is 12.4 Å². The quantitative estimate of drug-likeness (QED) is 0.812. The van der Waals surface area contributed by atoms with E-state index in [1.54, 1.807) is 6.07 Å². The molecule has 0 fully saturated rings. The summed E-state index contributed by atoms with van der Waals surface area (Å²) in [5.41, 5.74) is 1.86. The molecule has 4 heteroatoms. The third-order valence-electron chi connectivity index (χ3n) is 3.25. The molecule has 21 heavy (non-hydrogen) atoms. The third-order valence-corrected chi connectivity index (χ3v) is 3.25. The van der Waals surface area contributed by atoms with E-state index in [9.17, 15) is 8.78 Å². The Balaban J connectivity index is 1.79. The van der Waals surface area contributed by atoms with Gasteiger partial charge in [0.15, 0.2) is 11.6 Å². The van der Waals surface area contributed by atoms with Crippen LogP contribution in [0.3, 0.4) is 0 Å². The monoisotopic (exact) mass is 291 g/mol. The van der Waals surface area contributed by atoms with E-state index in [1.807, 2.05) is 38.1 Å². The van der Waals surface area contributed by atoms with Gasteiger partial charge in [-0.2, -0.15) is 0 Å². The van der Waals surface area contributed by atoms with Crippen LogP contribution in [0.15, 0.2) is 42.5 Å². The maximum absolute atomic E-state index is 13.2. The Labute approximate surface area is 123 Å². The summed E-state index contributed by atoms with van der Waals surface area (Å²) in [4.78, 5) is 0. The van der Waals surface area contributed by atoms with Gasteiger partial charge in [0.25, 0.3) is 0 Å². The average molecular weight is 291 g/mol. The molecule has 0 radical (unpaired) electrons. The number of hydrogen-bond donors (Lipinski definition) is 1. The van der Waals surface area contributed by atoms with E-state index in [-0.39, 0.29) is 6.04 Å². The van der Waals surface area contributed by atoms with Crippen LogP contribution >= 0.6 is 0 Å². The number of benzene rings is 2. The number of rotatable bonds is 6. The molecule has 2 aromatic carbocycles. The van der Waals surface area contributed by atoms with Crippen LogP contribution in [-0.2, 0) is 0 Å². The summed E-state index contributed by atoms with van der Waals surface area (Å²) in [6, 6.07) is 11.7. The van der Waals surface area contributed by atoms with Crippen molar-refractivity contribution >= 4 is 0 Å². The van der Waals surface area contributed by atoms with Crippen LogP contribution in [0.25, 0.3) is 0 Å². The Bertz CT molecular complexity index is 601. The van der Waals surface area contributed by atoms with Crippen LogP contribution in [-0.4, -0.2) is 13.2 Å². The lowest BCUT2D eigenvalue weighted by atomic mass is 10.1. The number of nitrogens with one attached hydrogen (secondary N) is 1. The van der Waals surface area contributed by atoms with Gasteiger partial charge < -0.3 is 10.1 Å². The van der Waals surface area contributed by atoms with Crippen molar-refractivity contribution in [3.63, 3.8) is 0 Å². The molecule has 0 amide bonds. The molecule has 112 valence electrons. The Morgan fingerprint density at radius 3 is 2.62 bits per heavy atom. The summed E-state index contributed by atoms with van der Waals surface area (Å²) in [6.07, 6.45) is 0. The fourth-order valence-electron chi connectivity index (χ4n) is 2.05. The Hall–Kier alpha value is -1.94. The molecule has 1 atom stereocenters. The van der Waals surface area contributed by atoms with Gasteiger partial charge in [0, 0.05) is 12.6 Å². The average Bonchev–Trinajstić information content (AvgIpc) is 2.46. The minimum absolute atomic E-state index is 0.0683. The van der Waals surface area contributed by atoms with E-state index in [4.69, 9.17) is 4.74 Å². The molecule has 0 aliphatic carbocycles. The number of halogens is 2. The van der Waals surface area contributed by atoms with E-state index in [1.165, 1.54) is 6.07 Å². The fraction of sp³-hybridized carbons (Fsp3) is 0.294. The normalized spacial score (nSPS) is 12.2. The minimum atomic E-state index is -0.825. The fourth-order valence-corrected chi connectivity index (χ4v) is 2.05. The predicted octanol–water partition coefficient (Wildman–Crippen LogP) is 4.00. The zero-order chi connectivity index (χ0) is 15.2. The molecule has 0 aliphatic heterocycles. The van der Waals surface area contributed by atoms with Gasteiger partial charge in [-0.25, -0.2) is 8.78 Å². The molecular formula is C17H19F2NO. The van der Waals surface area contributed by atoms with Crippen molar-refractivity contribution in [1.29, 1.82) is 0 Å². The number of hydrogen-bond acceptors (Lipinski definition) is 2. The molecule has 2 aromatic rings. The van der Waals surface area contributed by atoms with Crippen molar-refractivity contribution in [3.8, 4) is 5.75 Å². The predicted molar refractivity (Wildman–Crippen MR) is 79.4 cm³/mol. The molecule has 0 bridgehead atoms. The van der Waals surface area contributed by atoms with Crippen LogP contribution < -0.4 is 10.1 Å². The molecule has 0 aliphatic rings. The van der Waals surface area contributed by atoms with Crippen LogP contribution in [0.4, 0.5) is 8.78 Å². The van der Waals surface area contributed by atoms with E-state index in [0.29, 0.717) is 18.7 Å². The smallest absolute Gasteiger partial charge is 0.159 e. The first-order valence-electron chi connectivity index (χ1n) is 6.94. The molecule has 1 N–H and O–H groups in total. The molecular weight excluding hydrogens is 272 g/mol. The molecule has 2 rings (SSSR count). The molecule has 0 saturated carbocycles. The van der Waals surface area contributed by atoms with E-state index in [2.05, 4.69) is 5.32 Å². The van der Waals surface area contributed by atoms with E-state index in [0.717, 1.165) is 17.4 Å². The van der Waals surface area contributed by atoms with Gasteiger partial charge in [-0.3, -0.25) is 0 Å². The molecule has 2 nitrogen and oxygen atoms in total. The molecule has 1 unspecified atom stereocenters. The lowest BCUT2D eigenvalue weighted by Gasteiger charge is -2.15. The van der Waals surface area contributed by atoms with E-state index < -0.39 is 11.6 Å². The minimum Gasteiger partial charge on any atom is -0.492 e. The Morgan fingerprint density at radius 1 is 1.10 bits per heavy atom. The summed E-state index contributed by atoms with van der Waals surface area (Å²) in [5, 5.41) is 3.22. The summed E-state index contributed by atoms with van der Waals surface area (Å²) in [7, 11) is 0. The summed E-state index contributed by atoms with van der Waals surface area (Å²) in [5.74, 6) is -0.817. The second kappa shape index (κ2) is 7.18. The number of aryl methyl sites for hydroxylation is 1. The number of ether oxygens (including phenoxy) is 1. The summed E-state index contributed by atoms with van der Waals surface area (Å²) >= 11 is 0.